The number of benzene rings is 1. The molecule has 0 saturated carbocycles. The largest absolute Gasteiger partial charge is 0.493 e. The summed E-state index contributed by atoms with van der Waals surface area (Å²) in [7, 11) is 1.45. The van der Waals surface area contributed by atoms with Crippen LogP contribution in [0.5, 0.6) is 5.75 Å². The molecule has 0 N–H and O–H groups in total. The lowest BCUT2D eigenvalue weighted by atomic mass is 10.3. The second kappa shape index (κ2) is 3.71. The van der Waals surface area contributed by atoms with Crippen molar-refractivity contribution in [3.63, 3.8) is 0 Å². The molecule has 0 unspecified atom stereocenters. The molecule has 1 aromatic carbocycles. The smallest absolute Gasteiger partial charge is 0.180 e. The summed E-state index contributed by atoms with van der Waals surface area (Å²) in [5, 5.41) is 0. The van der Waals surface area contributed by atoms with E-state index in [9.17, 15) is 4.39 Å². The number of rotatable bonds is 1. The third kappa shape index (κ3) is 1.84. The molecule has 0 radical (unpaired) electrons. The van der Waals surface area contributed by atoms with Gasteiger partial charge in [-0.15, -0.1) is 0 Å². The van der Waals surface area contributed by atoms with Crippen LogP contribution in [-0.4, -0.2) is 7.11 Å². The normalized spacial score (nSPS) is 9.82. The third-order valence-electron chi connectivity index (χ3n) is 1.21. The van der Waals surface area contributed by atoms with E-state index in [2.05, 4.69) is 15.9 Å². The van der Waals surface area contributed by atoms with Gasteiger partial charge in [0, 0.05) is 0 Å². The SMILES string of the molecule is COc1c(I)ccc(Br)c1F. The van der Waals surface area contributed by atoms with Gasteiger partial charge in [0.1, 0.15) is 0 Å². The van der Waals surface area contributed by atoms with Crippen molar-refractivity contribution in [1.29, 1.82) is 0 Å². The number of hydrogen-bond acceptors (Lipinski definition) is 1. The Labute approximate surface area is 86.2 Å². The first kappa shape index (κ1) is 9.25. The van der Waals surface area contributed by atoms with E-state index in [0.717, 1.165) is 3.57 Å². The Kier molecular flexibility index (Phi) is 3.12. The highest BCUT2D eigenvalue weighted by Gasteiger charge is 2.09. The standard InChI is InChI=1S/C7H5BrFIO/c1-11-7-5(10)3-2-4(8)6(7)9/h2-3H,1H3. The highest BCUT2D eigenvalue weighted by Crippen LogP contribution is 2.29. The number of hydrogen-bond donors (Lipinski definition) is 0. The zero-order chi connectivity index (χ0) is 8.43. The first-order chi connectivity index (χ1) is 5.16. The topological polar surface area (TPSA) is 9.23 Å². The molecule has 1 rings (SSSR count). The van der Waals surface area contributed by atoms with Gasteiger partial charge >= 0.3 is 0 Å². The van der Waals surface area contributed by atoms with E-state index in [-0.39, 0.29) is 5.82 Å². The fraction of sp³-hybridized carbons (Fsp3) is 0.143. The van der Waals surface area contributed by atoms with E-state index in [1.165, 1.54) is 7.11 Å². The summed E-state index contributed by atoms with van der Waals surface area (Å²) >= 11 is 5.08. The Morgan fingerprint density at radius 2 is 2.18 bits per heavy atom. The van der Waals surface area contributed by atoms with Crippen LogP contribution in [0.25, 0.3) is 0 Å². The lowest BCUT2D eigenvalue weighted by Crippen LogP contribution is -1.91. The zero-order valence-electron chi connectivity index (χ0n) is 5.70. The molecule has 0 saturated heterocycles. The minimum absolute atomic E-state index is 0.292. The van der Waals surface area contributed by atoms with Crippen molar-refractivity contribution in [3.05, 3.63) is 26.0 Å². The van der Waals surface area contributed by atoms with Gasteiger partial charge < -0.3 is 4.74 Å². The Hall–Kier alpha value is 0.160. The van der Waals surface area contributed by atoms with Gasteiger partial charge in [-0.25, -0.2) is 4.39 Å². The van der Waals surface area contributed by atoms with Crippen molar-refractivity contribution in [2.24, 2.45) is 0 Å². The monoisotopic (exact) mass is 330 g/mol. The molecule has 4 heteroatoms. The predicted octanol–water partition coefficient (Wildman–Crippen LogP) is 3.20. The molecule has 0 aliphatic heterocycles. The van der Waals surface area contributed by atoms with Crippen molar-refractivity contribution in [3.8, 4) is 5.75 Å². The summed E-state index contributed by atoms with van der Waals surface area (Å²) in [5.74, 6) is -0.0561. The summed E-state index contributed by atoms with van der Waals surface area (Å²) in [6, 6.07) is 3.44. The average molecular weight is 331 g/mol. The molecule has 0 bridgehead atoms. The van der Waals surface area contributed by atoms with Gasteiger partial charge in [-0.3, -0.25) is 0 Å². The fourth-order valence-electron chi connectivity index (χ4n) is 0.696. The summed E-state index contributed by atoms with van der Waals surface area (Å²) in [6.07, 6.45) is 0. The molecule has 0 atom stereocenters. The highest BCUT2D eigenvalue weighted by molar-refractivity contribution is 14.1. The zero-order valence-corrected chi connectivity index (χ0v) is 9.44. The minimum Gasteiger partial charge on any atom is -0.493 e. The third-order valence-corrected chi connectivity index (χ3v) is 2.67. The van der Waals surface area contributed by atoms with Crippen molar-refractivity contribution in [2.45, 2.75) is 0 Å². The summed E-state index contributed by atoms with van der Waals surface area (Å²) < 4.78 is 19.1. The molecule has 1 nitrogen and oxygen atoms in total. The second-order valence-electron chi connectivity index (χ2n) is 1.88. The van der Waals surface area contributed by atoms with E-state index in [0.29, 0.717) is 10.2 Å². The van der Waals surface area contributed by atoms with Crippen LogP contribution < -0.4 is 4.74 Å². The van der Waals surface area contributed by atoms with Gasteiger partial charge in [-0.2, -0.15) is 0 Å². The fourth-order valence-corrected chi connectivity index (χ4v) is 1.64. The van der Waals surface area contributed by atoms with Gasteiger partial charge in [0.25, 0.3) is 0 Å². The van der Waals surface area contributed by atoms with Crippen LogP contribution in [0.2, 0.25) is 0 Å². The lowest BCUT2D eigenvalue weighted by Gasteiger charge is -2.04. The summed E-state index contributed by atoms with van der Waals surface area (Å²) in [6.45, 7) is 0. The first-order valence-corrected chi connectivity index (χ1v) is 4.71. The van der Waals surface area contributed by atoms with Crippen LogP contribution >= 0.6 is 38.5 Å². The molecule has 0 aromatic heterocycles. The van der Waals surface area contributed by atoms with Crippen molar-refractivity contribution in [1.82, 2.24) is 0 Å². The molecule has 0 spiro atoms. The molecule has 60 valence electrons. The van der Waals surface area contributed by atoms with E-state index in [1.807, 2.05) is 22.6 Å². The summed E-state index contributed by atoms with van der Waals surface area (Å²) in [5.41, 5.74) is 0. The van der Waals surface area contributed by atoms with E-state index in [4.69, 9.17) is 4.74 Å². The van der Waals surface area contributed by atoms with Crippen LogP contribution in [0.3, 0.4) is 0 Å². The van der Waals surface area contributed by atoms with Crippen molar-refractivity contribution >= 4 is 38.5 Å². The Bertz CT molecular complexity index is 277. The molecular weight excluding hydrogens is 326 g/mol. The van der Waals surface area contributed by atoms with E-state index < -0.39 is 0 Å². The predicted molar refractivity (Wildman–Crippen MR) is 53.4 cm³/mol. The van der Waals surface area contributed by atoms with Gasteiger partial charge in [0.2, 0.25) is 0 Å². The molecule has 11 heavy (non-hydrogen) atoms. The number of ether oxygens (including phenoxy) is 1. The van der Waals surface area contributed by atoms with Crippen LogP contribution in [0.15, 0.2) is 16.6 Å². The summed E-state index contributed by atoms with van der Waals surface area (Å²) in [4.78, 5) is 0. The van der Waals surface area contributed by atoms with Gasteiger partial charge in [-0.1, -0.05) is 0 Å². The maximum atomic E-state index is 13.1. The average Bonchev–Trinajstić information content (AvgIpc) is 1.99. The molecule has 0 heterocycles. The van der Waals surface area contributed by atoms with E-state index in [1.54, 1.807) is 12.1 Å². The van der Waals surface area contributed by atoms with Gasteiger partial charge in [-0.05, 0) is 50.7 Å². The first-order valence-electron chi connectivity index (χ1n) is 2.84. The molecular formula is C7H5BrFIO. The highest BCUT2D eigenvalue weighted by atomic mass is 127. The van der Waals surface area contributed by atoms with Crippen molar-refractivity contribution < 1.29 is 9.13 Å². The van der Waals surface area contributed by atoms with E-state index >= 15 is 0 Å². The quantitative estimate of drug-likeness (QED) is 0.567. The maximum absolute atomic E-state index is 13.1. The Balaban J connectivity index is 3.29. The molecule has 0 aliphatic rings. The van der Waals surface area contributed by atoms with Crippen LogP contribution in [0.4, 0.5) is 4.39 Å². The molecule has 0 fully saturated rings. The minimum atomic E-state index is -0.348. The van der Waals surface area contributed by atoms with Gasteiger partial charge in [0.05, 0.1) is 15.2 Å². The lowest BCUT2D eigenvalue weighted by molar-refractivity contribution is 0.382. The molecule has 0 amide bonds. The Morgan fingerprint density at radius 1 is 1.55 bits per heavy atom. The van der Waals surface area contributed by atoms with Crippen LogP contribution in [0.1, 0.15) is 0 Å². The maximum Gasteiger partial charge on any atom is 0.180 e. The van der Waals surface area contributed by atoms with Crippen LogP contribution in [0, 0.1) is 9.39 Å². The second-order valence-corrected chi connectivity index (χ2v) is 3.89. The Morgan fingerprint density at radius 3 is 2.64 bits per heavy atom. The van der Waals surface area contributed by atoms with Crippen molar-refractivity contribution in [2.75, 3.05) is 7.11 Å². The number of halogens is 3. The molecule has 1 aromatic rings. The molecule has 0 aliphatic carbocycles. The van der Waals surface area contributed by atoms with Crippen LogP contribution in [-0.2, 0) is 0 Å². The van der Waals surface area contributed by atoms with Gasteiger partial charge in [0.15, 0.2) is 11.6 Å². The number of methoxy groups -OCH3 is 1.